The van der Waals surface area contributed by atoms with Gasteiger partial charge in [0.25, 0.3) is 0 Å². The zero-order valence-electron chi connectivity index (χ0n) is 15.9. The third-order valence-electron chi connectivity index (χ3n) is 4.29. The van der Waals surface area contributed by atoms with Crippen LogP contribution in [0.25, 0.3) is 17.3 Å². The van der Waals surface area contributed by atoms with Crippen LogP contribution in [-0.4, -0.2) is 30.5 Å². The molecule has 0 bridgehead atoms. The fourth-order valence-electron chi connectivity index (χ4n) is 2.95. The first kappa shape index (κ1) is 18.4. The summed E-state index contributed by atoms with van der Waals surface area (Å²) < 4.78 is 3.50. The number of nitrogens with one attached hydrogen (secondary N) is 1. The first-order valence-corrected chi connectivity index (χ1v) is 9.18. The number of nitrogens with zero attached hydrogens (tertiary/aromatic N) is 5. The number of hydrogen-bond acceptors (Lipinski definition) is 4. The molecule has 3 heterocycles. The van der Waals surface area contributed by atoms with Gasteiger partial charge < -0.3 is 5.32 Å². The summed E-state index contributed by atoms with van der Waals surface area (Å²) >= 11 is 0. The molecule has 0 spiro atoms. The van der Waals surface area contributed by atoms with E-state index in [1.54, 1.807) is 42.5 Å². The van der Waals surface area contributed by atoms with E-state index in [-0.39, 0.29) is 5.91 Å². The normalized spacial score (nSPS) is 11.1. The Bertz CT molecular complexity index is 1130. The highest BCUT2D eigenvalue weighted by atomic mass is 16.1. The van der Waals surface area contributed by atoms with Crippen molar-refractivity contribution in [3.8, 4) is 11.3 Å². The molecule has 0 unspecified atom stereocenters. The molecule has 1 amide bonds. The molecule has 0 radical (unpaired) electrons. The molecule has 0 saturated heterocycles. The maximum Gasteiger partial charge on any atom is 0.249 e. The number of aromatic nitrogens is 5. The van der Waals surface area contributed by atoms with E-state index in [1.165, 1.54) is 6.08 Å². The van der Waals surface area contributed by atoms with Gasteiger partial charge in [-0.05, 0) is 23.8 Å². The van der Waals surface area contributed by atoms with Crippen LogP contribution in [0, 0.1) is 0 Å². The molecule has 1 N–H and O–H groups in total. The van der Waals surface area contributed by atoms with Crippen molar-refractivity contribution >= 4 is 17.8 Å². The number of amides is 1. The summed E-state index contributed by atoms with van der Waals surface area (Å²) in [7, 11) is 1.80. The topological polar surface area (TPSA) is 77.6 Å². The molecule has 7 heteroatoms. The molecule has 7 nitrogen and oxygen atoms in total. The quantitative estimate of drug-likeness (QED) is 0.517. The summed E-state index contributed by atoms with van der Waals surface area (Å²) in [5, 5.41) is 11.6. The van der Waals surface area contributed by atoms with Gasteiger partial charge >= 0.3 is 0 Å². The van der Waals surface area contributed by atoms with E-state index < -0.39 is 0 Å². The van der Waals surface area contributed by atoms with Crippen molar-refractivity contribution in [2.24, 2.45) is 7.05 Å². The molecule has 0 saturated carbocycles. The van der Waals surface area contributed by atoms with Crippen LogP contribution in [0.2, 0.25) is 0 Å². The lowest BCUT2D eigenvalue weighted by Crippen LogP contribution is -2.08. The van der Waals surface area contributed by atoms with Gasteiger partial charge in [0.05, 0.1) is 6.54 Å². The molecule has 1 aromatic carbocycles. The van der Waals surface area contributed by atoms with Crippen LogP contribution in [0.1, 0.15) is 11.1 Å². The van der Waals surface area contributed by atoms with Gasteiger partial charge in [-0.25, -0.2) is 0 Å². The molecule has 4 rings (SSSR count). The number of benzene rings is 1. The third kappa shape index (κ3) is 4.65. The average Bonchev–Trinajstić information content (AvgIpc) is 3.33. The summed E-state index contributed by atoms with van der Waals surface area (Å²) in [6.45, 7) is 0.641. The van der Waals surface area contributed by atoms with E-state index in [0.717, 1.165) is 22.4 Å². The number of carbonyl (C=O) groups excluding carboxylic acids is 1. The molecule has 0 aliphatic rings. The SMILES string of the molecule is Cn1ccc(NC(=O)/C=C/c2cn(Cc3ccccc3)nc2-c2cccnc2)n1. The Morgan fingerprint density at radius 1 is 1.10 bits per heavy atom. The Morgan fingerprint density at radius 2 is 1.97 bits per heavy atom. The van der Waals surface area contributed by atoms with Crippen molar-refractivity contribution in [3.05, 3.63) is 90.5 Å². The Hall–Kier alpha value is -4.00. The highest BCUT2D eigenvalue weighted by molar-refractivity contribution is 6.01. The maximum atomic E-state index is 12.3. The van der Waals surface area contributed by atoms with Crippen LogP contribution in [0.15, 0.2) is 79.4 Å². The number of pyridine rings is 1. The molecule has 144 valence electrons. The molecule has 0 atom stereocenters. The van der Waals surface area contributed by atoms with Gasteiger partial charge in [-0.2, -0.15) is 10.2 Å². The minimum atomic E-state index is -0.253. The summed E-state index contributed by atoms with van der Waals surface area (Å²) in [6.07, 6.45) is 10.4. The first-order valence-electron chi connectivity index (χ1n) is 9.18. The van der Waals surface area contributed by atoms with E-state index in [2.05, 4.69) is 27.5 Å². The van der Waals surface area contributed by atoms with Crippen LogP contribution in [0.4, 0.5) is 5.82 Å². The van der Waals surface area contributed by atoms with Crippen LogP contribution >= 0.6 is 0 Å². The predicted octanol–water partition coefficient (Wildman–Crippen LogP) is 3.38. The second-order valence-corrected chi connectivity index (χ2v) is 6.56. The zero-order chi connectivity index (χ0) is 20.1. The summed E-state index contributed by atoms with van der Waals surface area (Å²) in [4.78, 5) is 16.4. The van der Waals surface area contributed by atoms with Crippen molar-refractivity contribution in [1.29, 1.82) is 0 Å². The van der Waals surface area contributed by atoms with Crippen LogP contribution in [0.3, 0.4) is 0 Å². The predicted molar refractivity (Wildman–Crippen MR) is 112 cm³/mol. The van der Waals surface area contributed by atoms with E-state index >= 15 is 0 Å². The van der Waals surface area contributed by atoms with Gasteiger partial charge in [0, 0.05) is 55.1 Å². The molecule has 0 aliphatic heterocycles. The van der Waals surface area contributed by atoms with Crippen molar-refractivity contribution < 1.29 is 4.79 Å². The minimum Gasteiger partial charge on any atom is -0.306 e. The Labute approximate surface area is 168 Å². The van der Waals surface area contributed by atoms with Crippen LogP contribution < -0.4 is 5.32 Å². The van der Waals surface area contributed by atoms with Gasteiger partial charge in [0.1, 0.15) is 5.69 Å². The maximum absolute atomic E-state index is 12.3. The van der Waals surface area contributed by atoms with E-state index in [9.17, 15) is 4.79 Å². The standard InChI is InChI=1S/C22H20N6O/c1-27-13-11-20(25-27)24-21(29)10-9-19-16-28(15-17-6-3-2-4-7-17)26-22(19)18-8-5-12-23-14-18/h2-14,16H,15H2,1H3,(H,24,25,29)/b10-9+. The monoisotopic (exact) mass is 384 g/mol. The van der Waals surface area contributed by atoms with Gasteiger partial charge in [0.2, 0.25) is 5.91 Å². The second kappa shape index (κ2) is 8.35. The number of aryl methyl sites for hydroxylation is 1. The Kier molecular flexibility index (Phi) is 5.29. The average molecular weight is 384 g/mol. The zero-order valence-corrected chi connectivity index (χ0v) is 15.9. The number of anilines is 1. The number of carbonyl (C=O) groups is 1. The molecule has 0 aliphatic carbocycles. The summed E-state index contributed by atoms with van der Waals surface area (Å²) in [5.74, 6) is 0.256. The smallest absolute Gasteiger partial charge is 0.249 e. The molecular formula is C22H20N6O. The van der Waals surface area contributed by atoms with E-state index in [0.29, 0.717) is 12.4 Å². The van der Waals surface area contributed by atoms with E-state index in [4.69, 9.17) is 5.10 Å². The van der Waals surface area contributed by atoms with Crippen LogP contribution in [0.5, 0.6) is 0 Å². The fourth-order valence-corrected chi connectivity index (χ4v) is 2.95. The van der Waals surface area contributed by atoms with Gasteiger partial charge in [0.15, 0.2) is 5.82 Å². The highest BCUT2D eigenvalue weighted by Gasteiger charge is 2.10. The molecular weight excluding hydrogens is 364 g/mol. The van der Waals surface area contributed by atoms with Crippen molar-refractivity contribution in [1.82, 2.24) is 24.5 Å². The van der Waals surface area contributed by atoms with Gasteiger partial charge in [-0.15, -0.1) is 0 Å². The minimum absolute atomic E-state index is 0.253. The first-order chi connectivity index (χ1) is 14.2. The lowest BCUT2D eigenvalue weighted by molar-refractivity contribution is -0.111. The summed E-state index contributed by atoms with van der Waals surface area (Å²) in [6, 6.07) is 15.7. The fraction of sp³-hybridized carbons (Fsp3) is 0.0909. The van der Waals surface area contributed by atoms with Crippen LogP contribution in [-0.2, 0) is 18.4 Å². The lowest BCUT2D eigenvalue weighted by Gasteiger charge is -2.01. The second-order valence-electron chi connectivity index (χ2n) is 6.56. The van der Waals surface area contributed by atoms with Crippen molar-refractivity contribution in [2.45, 2.75) is 6.54 Å². The van der Waals surface area contributed by atoms with Gasteiger partial charge in [-0.1, -0.05) is 30.3 Å². The number of rotatable bonds is 6. The molecule has 29 heavy (non-hydrogen) atoms. The third-order valence-corrected chi connectivity index (χ3v) is 4.29. The van der Waals surface area contributed by atoms with Crippen molar-refractivity contribution in [3.63, 3.8) is 0 Å². The number of hydrogen-bond donors (Lipinski definition) is 1. The lowest BCUT2D eigenvalue weighted by atomic mass is 10.1. The molecule has 3 aromatic heterocycles. The van der Waals surface area contributed by atoms with Crippen molar-refractivity contribution in [2.75, 3.05) is 5.32 Å². The summed E-state index contributed by atoms with van der Waals surface area (Å²) in [5.41, 5.74) is 3.65. The largest absolute Gasteiger partial charge is 0.306 e. The Morgan fingerprint density at radius 3 is 2.69 bits per heavy atom. The highest BCUT2D eigenvalue weighted by Crippen LogP contribution is 2.23. The Balaban J connectivity index is 1.59. The van der Waals surface area contributed by atoms with Gasteiger partial charge in [-0.3, -0.25) is 19.1 Å². The molecule has 0 fully saturated rings. The van der Waals surface area contributed by atoms with E-state index in [1.807, 2.05) is 41.2 Å². The molecule has 4 aromatic rings.